The Kier molecular flexibility index (Phi) is 5.34. The molecule has 1 saturated heterocycles. The molecule has 0 aliphatic carbocycles. The summed E-state index contributed by atoms with van der Waals surface area (Å²) >= 11 is 0. The third kappa shape index (κ3) is 3.92. The van der Waals surface area contributed by atoms with Crippen LogP contribution in [0.5, 0.6) is 0 Å². The zero-order valence-corrected chi connectivity index (χ0v) is 15.7. The van der Waals surface area contributed by atoms with Crippen molar-refractivity contribution in [1.29, 1.82) is 0 Å². The van der Waals surface area contributed by atoms with Gasteiger partial charge in [0.25, 0.3) is 0 Å². The Morgan fingerprint density at radius 2 is 1.96 bits per heavy atom. The van der Waals surface area contributed by atoms with E-state index in [2.05, 4.69) is 30.3 Å². The lowest BCUT2D eigenvalue weighted by Gasteiger charge is -2.36. The molecular weight excluding hydrogens is 334 g/mol. The summed E-state index contributed by atoms with van der Waals surface area (Å²) in [5, 5.41) is 6.74. The molecule has 9 heteroatoms. The highest BCUT2D eigenvalue weighted by molar-refractivity contribution is 5.74. The van der Waals surface area contributed by atoms with E-state index in [0.29, 0.717) is 24.8 Å². The summed E-state index contributed by atoms with van der Waals surface area (Å²) in [5.41, 5.74) is 2.07. The normalized spacial score (nSPS) is 14.8. The standard InChI is InChI=1S/C17H25N7O2/c1-11(2)16-21-14(22-26-16)9-18-17(25)24-7-5-23(6-8-24)15-12(3)13(4)19-10-20-15/h10-11H,5-9H2,1-4H3,(H,18,25). The van der Waals surface area contributed by atoms with Crippen LogP contribution in [0.3, 0.4) is 0 Å². The number of aromatic nitrogens is 4. The molecule has 1 aliphatic rings. The molecule has 1 fully saturated rings. The number of rotatable bonds is 4. The monoisotopic (exact) mass is 359 g/mol. The number of piperazine rings is 1. The molecule has 140 valence electrons. The van der Waals surface area contributed by atoms with E-state index in [9.17, 15) is 4.79 Å². The Bertz CT molecular complexity index is 766. The first-order valence-electron chi connectivity index (χ1n) is 8.84. The maximum absolute atomic E-state index is 12.4. The third-order valence-corrected chi connectivity index (χ3v) is 4.55. The van der Waals surface area contributed by atoms with Crippen molar-refractivity contribution >= 4 is 11.8 Å². The average molecular weight is 359 g/mol. The summed E-state index contributed by atoms with van der Waals surface area (Å²) in [6.07, 6.45) is 1.59. The molecule has 0 saturated carbocycles. The van der Waals surface area contributed by atoms with Gasteiger partial charge in [0.1, 0.15) is 12.1 Å². The Morgan fingerprint density at radius 3 is 2.62 bits per heavy atom. The van der Waals surface area contributed by atoms with Gasteiger partial charge >= 0.3 is 6.03 Å². The van der Waals surface area contributed by atoms with Gasteiger partial charge in [0.15, 0.2) is 5.82 Å². The van der Waals surface area contributed by atoms with Crippen molar-refractivity contribution in [3.63, 3.8) is 0 Å². The minimum absolute atomic E-state index is 0.115. The zero-order chi connectivity index (χ0) is 18.7. The highest BCUT2D eigenvalue weighted by atomic mass is 16.5. The number of carbonyl (C=O) groups excluding carboxylic acids is 1. The van der Waals surface area contributed by atoms with Crippen LogP contribution in [0.2, 0.25) is 0 Å². The molecule has 0 unspecified atom stereocenters. The third-order valence-electron chi connectivity index (χ3n) is 4.55. The summed E-state index contributed by atoms with van der Waals surface area (Å²) in [5.74, 6) is 2.20. The van der Waals surface area contributed by atoms with Crippen LogP contribution in [-0.2, 0) is 6.54 Å². The Balaban J connectivity index is 1.51. The van der Waals surface area contributed by atoms with E-state index in [0.717, 1.165) is 30.2 Å². The first-order valence-corrected chi connectivity index (χ1v) is 8.84. The smallest absolute Gasteiger partial charge is 0.317 e. The van der Waals surface area contributed by atoms with Crippen LogP contribution >= 0.6 is 0 Å². The van der Waals surface area contributed by atoms with Crippen molar-refractivity contribution in [1.82, 2.24) is 30.3 Å². The van der Waals surface area contributed by atoms with E-state index in [1.807, 2.05) is 27.7 Å². The average Bonchev–Trinajstić information content (AvgIpc) is 3.12. The van der Waals surface area contributed by atoms with Gasteiger partial charge in [-0.25, -0.2) is 14.8 Å². The summed E-state index contributed by atoms with van der Waals surface area (Å²) in [6, 6.07) is -0.115. The Morgan fingerprint density at radius 1 is 1.23 bits per heavy atom. The van der Waals surface area contributed by atoms with Gasteiger partial charge in [-0.2, -0.15) is 4.98 Å². The maximum atomic E-state index is 12.4. The van der Waals surface area contributed by atoms with Crippen molar-refractivity contribution < 1.29 is 9.32 Å². The number of aryl methyl sites for hydroxylation is 1. The second kappa shape index (κ2) is 7.67. The molecule has 26 heavy (non-hydrogen) atoms. The van der Waals surface area contributed by atoms with Crippen LogP contribution in [0, 0.1) is 13.8 Å². The van der Waals surface area contributed by atoms with Crippen LogP contribution in [0.1, 0.15) is 42.7 Å². The largest absolute Gasteiger partial charge is 0.353 e. The topological polar surface area (TPSA) is 100 Å². The van der Waals surface area contributed by atoms with Gasteiger partial charge in [0, 0.05) is 43.4 Å². The van der Waals surface area contributed by atoms with Gasteiger partial charge in [-0.15, -0.1) is 0 Å². The molecule has 0 atom stereocenters. The fraction of sp³-hybridized carbons (Fsp3) is 0.588. The van der Waals surface area contributed by atoms with Gasteiger partial charge in [0.05, 0.1) is 6.54 Å². The number of amides is 2. The Hall–Kier alpha value is -2.71. The van der Waals surface area contributed by atoms with Crippen LogP contribution in [0.15, 0.2) is 10.9 Å². The first-order chi connectivity index (χ1) is 12.5. The fourth-order valence-corrected chi connectivity index (χ4v) is 2.81. The lowest BCUT2D eigenvalue weighted by atomic mass is 10.2. The van der Waals surface area contributed by atoms with Gasteiger partial charge < -0.3 is 19.6 Å². The van der Waals surface area contributed by atoms with E-state index in [1.165, 1.54) is 0 Å². The van der Waals surface area contributed by atoms with Crippen molar-refractivity contribution in [3.8, 4) is 0 Å². The summed E-state index contributed by atoms with van der Waals surface area (Å²) < 4.78 is 5.14. The molecule has 9 nitrogen and oxygen atoms in total. The van der Waals surface area contributed by atoms with Gasteiger partial charge in [-0.1, -0.05) is 19.0 Å². The number of carbonyl (C=O) groups is 1. The van der Waals surface area contributed by atoms with Crippen molar-refractivity contribution in [3.05, 3.63) is 29.3 Å². The number of nitrogens with zero attached hydrogens (tertiary/aromatic N) is 6. The van der Waals surface area contributed by atoms with Crippen molar-refractivity contribution in [2.24, 2.45) is 0 Å². The molecule has 3 rings (SSSR count). The van der Waals surface area contributed by atoms with Crippen molar-refractivity contribution in [2.75, 3.05) is 31.1 Å². The minimum Gasteiger partial charge on any atom is -0.353 e. The molecule has 1 N–H and O–H groups in total. The number of anilines is 1. The molecule has 2 aromatic heterocycles. The quantitative estimate of drug-likeness (QED) is 0.885. The lowest BCUT2D eigenvalue weighted by molar-refractivity contribution is 0.193. The molecule has 3 heterocycles. The van der Waals surface area contributed by atoms with E-state index in [1.54, 1.807) is 11.2 Å². The van der Waals surface area contributed by atoms with Gasteiger partial charge in [-0.3, -0.25) is 0 Å². The van der Waals surface area contributed by atoms with Crippen LogP contribution in [0.25, 0.3) is 0 Å². The highest BCUT2D eigenvalue weighted by Gasteiger charge is 2.23. The molecule has 1 aliphatic heterocycles. The number of hydrogen-bond donors (Lipinski definition) is 1. The summed E-state index contributed by atoms with van der Waals surface area (Å²) in [7, 11) is 0. The predicted octanol–water partition coefficient (Wildman–Crippen LogP) is 1.63. The second-order valence-electron chi connectivity index (χ2n) is 6.74. The van der Waals surface area contributed by atoms with Crippen molar-refractivity contribution in [2.45, 2.75) is 40.2 Å². The molecule has 0 radical (unpaired) electrons. The molecule has 0 bridgehead atoms. The lowest BCUT2D eigenvalue weighted by Crippen LogP contribution is -2.52. The van der Waals surface area contributed by atoms with Crippen LogP contribution < -0.4 is 10.2 Å². The summed E-state index contributed by atoms with van der Waals surface area (Å²) in [4.78, 5) is 29.2. The zero-order valence-electron chi connectivity index (χ0n) is 15.7. The molecule has 0 spiro atoms. The van der Waals surface area contributed by atoms with E-state index in [4.69, 9.17) is 4.52 Å². The number of urea groups is 1. The van der Waals surface area contributed by atoms with Crippen LogP contribution in [0.4, 0.5) is 10.6 Å². The predicted molar refractivity (Wildman–Crippen MR) is 95.9 cm³/mol. The molecule has 0 aromatic carbocycles. The maximum Gasteiger partial charge on any atom is 0.317 e. The Labute approximate surface area is 152 Å². The van der Waals surface area contributed by atoms with Gasteiger partial charge in [-0.05, 0) is 13.8 Å². The summed E-state index contributed by atoms with van der Waals surface area (Å²) in [6.45, 7) is 11.0. The first kappa shape index (κ1) is 18.1. The fourth-order valence-electron chi connectivity index (χ4n) is 2.81. The minimum atomic E-state index is -0.115. The van der Waals surface area contributed by atoms with E-state index >= 15 is 0 Å². The highest BCUT2D eigenvalue weighted by Crippen LogP contribution is 2.19. The van der Waals surface area contributed by atoms with E-state index < -0.39 is 0 Å². The number of hydrogen-bond acceptors (Lipinski definition) is 7. The molecule has 2 aromatic rings. The SMILES string of the molecule is Cc1ncnc(N2CCN(C(=O)NCc3noc(C(C)C)n3)CC2)c1C. The van der Waals surface area contributed by atoms with Crippen LogP contribution in [-0.4, -0.2) is 57.2 Å². The molecular formula is C17H25N7O2. The second-order valence-corrected chi connectivity index (χ2v) is 6.74. The molecule has 2 amide bonds. The van der Waals surface area contributed by atoms with Gasteiger partial charge in [0.2, 0.25) is 5.89 Å². The number of nitrogens with one attached hydrogen (secondary N) is 1. The van der Waals surface area contributed by atoms with E-state index in [-0.39, 0.29) is 18.5 Å².